The van der Waals surface area contributed by atoms with Gasteiger partial charge in [0.15, 0.2) is 11.0 Å². The van der Waals surface area contributed by atoms with Crippen molar-refractivity contribution < 1.29 is 19.0 Å². The minimum Gasteiger partial charge on any atom is -0.497 e. The third kappa shape index (κ3) is 5.44. The molecule has 0 bridgehead atoms. The highest BCUT2D eigenvalue weighted by atomic mass is 32.2. The van der Waals surface area contributed by atoms with E-state index in [1.807, 2.05) is 42.8 Å². The van der Waals surface area contributed by atoms with Crippen molar-refractivity contribution in [1.29, 1.82) is 0 Å². The van der Waals surface area contributed by atoms with Crippen LogP contribution in [0.3, 0.4) is 0 Å². The molecule has 0 spiro atoms. The lowest BCUT2D eigenvalue weighted by molar-refractivity contribution is -0.113. The van der Waals surface area contributed by atoms with Gasteiger partial charge in [-0.05, 0) is 36.8 Å². The van der Waals surface area contributed by atoms with E-state index in [2.05, 4.69) is 15.5 Å². The number of nitrogens with zero attached hydrogens (tertiary/aromatic N) is 3. The zero-order valence-electron chi connectivity index (χ0n) is 17.3. The molecule has 0 fully saturated rings. The summed E-state index contributed by atoms with van der Waals surface area (Å²) in [5.41, 5.74) is 1.70. The summed E-state index contributed by atoms with van der Waals surface area (Å²) in [6.45, 7) is 2.30. The van der Waals surface area contributed by atoms with Gasteiger partial charge in [0.2, 0.25) is 5.91 Å². The van der Waals surface area contributed by atoms with Gasteiger partial charge in [-0.1, -0.05) is 23.9 Å². The minimum absolute atomic E-state index is 0.177. The third-order valence-corrected chi connectivity index (χ3v) is 5.32. The summed E-state index contributed by atoms with van der Waals surface area (Å²) in [7, 11) is 4.96. The number of amides is 1. The topological polar surface area (TPSA) is 87.5 Å². The highest BCUT2D eigenvalue weighted by Gasteiger charge is 2.14. The lowest BCUT2D eigenvalue weighted by Crippen LogP contribution is -2.15. The van der Waals surface area contributed by atoms with Crippen molar-refractivity contribution in [2.75, 3.05) is 25.3 Å². The molecule has 0 aliphatic rings. The Morgan fingerprint density at radius 2 is 1.93 bits per heavy atom. The van der Waals surface area contributed by atoms with E-state index >= 15 is 0 Å². The van der Waals surface area contributed by atoms with Crippen LogP contribution in [0.2, 0.25) is 0 Å². The number of rotatable bonds is 9. The molecule has 3 aromatic rings. The Morgan fingerprint density at radius 3 is 2.67 bits per heavy atom. The lowest BCUT2D eigenvalue weighted by atomic mass is 10.2. The lowest BCUT2D eigenvalue weighted by Gasteiger charge is -2.11. The van der Waals surface area contributed by atoms with E-state index in [1.165, 1.54) is 11.8 Å². The monoisotopic (exact) mass is 428 g/mol. The van der Waals surface area contributed by atoms with Crippen LogP contribution in [0.25, 0.3) is 0 Å². The van der Waals surface area contributed by atoms with E-state index in [4.69, 9.17) is 14.2 Å². The fourth-order valence-electron chi connectivity index (χ4n) is 2.67. The van der Waals surface area contributed by atoms with Crippen LogP contribution < -0.4 is 19.5 Å². The number of hydrogen-bond acceptors (Lipinski definition) is 7. The second-order valence-electron chi connectivity index (χ2n) is 6.47. The van der Waals surface area contributed by atoms with Crippen molar-refractivity contribution in [2.24, 2.45) is 7.05 Å². The van der Waals surface area contributed by atoms with E-state index < -0.39 is 0 Å². The van der Waals surface area contributed by atoms with E-state index in [-0.39, 0.29) is 11.7 Å². The predicted molar refractivity (Wildman–Crippen MR) is 115 cm³/mol. The molecular formula is C21H24N4O4S. The highest BCUT2D eigenvalue weighted by molar-refractivity contribution is 7.99. The van der Waals surface area contributed by atoms with Crippen molar-refractivity contribution in [3.05, 3.63) is 53.9 Å². The first-order valence-corrected chi connectivity index (χ1v) is 10.2. The van der Waals surface area contributed by atoms with E-state index in [0.29, 0.717) is 34.8 Å². The number of thioether (sulfide) groups is 1. The van der Waals surface area contributed by atoms with Gasteiger partial charge in [-0.25, -0.2) is 0 Å². The molecule has 1 N–H and O–H groups in total. The zero-order valence-corrected chi connectivity index (χ0v) is 18.2. The summed E-state index contributed by atoms with van der Waals surface area (Å²) in [5.74, 6) is 2.64. The quantitative estimate of drug-likeness (QED) is 0.522. The standard InChI is InChI=1S/C21H24N4O4S/c1-14-6-5-7-16(10-14)29-12-19-23-24-21(25(19)2)30-13-20(26)22-17-9-8-15(27-3)11-18(17)28-4/h5-11H,12-13H2,1-4H3,(H,22,26). The first-order chi connectivity index (χ1) is 14.5. The number of aryl methyl sites for hydroxylation is 1. The fraction of sp³-hybridized carbons (Fsp3) is 0.286. The average Bonchev–Trinajstić information content (AvgIpc) is 3.10. The largest absolute Gasteiger partial charge is 0.497 e. The Kier molecular flexibility index (Phi) is 7.18. The molecule has 1 aromatic heterocycles. The highest BCUT2D eigenvalue weighted by Crippen LogP contribution is 2.29. The van der Waals surface area contributed by atoms with Gasteiger partial charge in [-0.15, -0.1) is 10.2 Å². The Balaban J connectivity index is 1.55. The number of nitrogens with one attached hydrogen (secondary N) is 1. The molecule has 0 saturated carbocycles. The van der Waals surface area contributed by atoms with Crippen molar-refractivity contribution in [2.45, 2.75) is 18.7 Å². The Bertz CT molecular complexity index is 1020. The maximum atomic E-state index is 12.4. The zero-order chi connectivity index (χ0) is 21.5. The minimum atomic E-state index is -0.177. The SMILES string of the molecule is COc1ccc(NC(=O)CSc2nnc(COc3cccc(C)c3)n2C)c(OC)c1. The van der Waals surface area contributed by atoms with Crippen molar-refractivity contribution >= 4 is 23.4 Å². The molecule has 3 rings (SSSR count). The Hall–Kier alpha value is -3.20. The van der Waals surface area contributed by atoms with Gasteiger partial charge in [0.1, 0.15) is 23.9 Å². The van der Waals surface area contributed by atoms with E-state index in [1.54, 1.807) is 32.4 Å². The summed E-state index contributed by atoms with van der Waals surface area (Å²) < 4.78 is 18.1. The summed E-state index contributed by atoms with van der Waals surface area (Å²) >= 11 is 1.30. The van der Waals surface area contributed by atoms with Crippen LogP contribution in [0.1, 0.15) is 11.4 Å². The third-order valence-electron chi connectivity index (χ3n) is 4.30. The van der Waals surface area contributed by atoms with Gasteiger partial charge < -0.3 is 24.1 Å². The number of anilines is 1. The molecule has 0 saturated heterocycles. The second-order valence-corrected chi connectivity index (χ2v) is 7.41. The van der Waals surface area contributed by atoms with Crippen LogP contribution in [0, 0.1) is 6.92 Å². The van der Waals surface area contributed by atoms with Crippen molar-refractivity contribution in [1.82, 2.24) is 14.8 Å². The maximum absolute atomic E-state index is 12.4. The molecule has 2 aromatic carbocycles. The van der Waals surface area contributed by atoms with Crippen molar-refractivity contribution in [3.8, 4) is 17.2 Å². The molecular weight excluding hydrogens is 404 g/mol. The first kappa shape index (κ1) is 21.5. The number of methoxy groups -OCH3 is 2. The molecule has 0 aliphatic carbocycles. The van der Waals surface area contributed by atoms with E-state index in [9.17, 15) is 4.79 Å². The molecule has 158 valence electrons. The van der Waals surface area contributed by atoms with Gasteiger partial charge >= 0.3 is 0 Å². The molecule has 0 unspecified atom stereocenters. The van der Waals surface area contributed by atoms with Gasteiger partial charge in [-0.3, -0.25) is 4.79 Å². The molecule has 0 aliphatic heterocycles. The predicted octanol–water partition coefficient (Wildman–Crippen LogP) is 3.45. The number of benzene rings is 2. The smallest absolute Gasteiger partial charge is 0.234 e. The summed E-state index contributed by atoms with van der Waals surface area (Å²) in [5, 5.41) is 11.8. The summed E-state index contributed by atoms with van der Waals surface area (Å²) in [6, 6.07) is 13.0. The summed E-state index contributed by atoms with van der Waals surface area (Å²) in [4.78, 5) is 12.4. The molecule has 0 radical (unpaired) electrons. The van der Waals surface area contributed by atoms with Gasteiger partial charge in [0.05, 0.1) is 25.7 Å². The van der Waals surface area contributed by atoms with E-state index in [0.717, 1.165) is 11.3 Å². The Labute approximate surface area is 179 Å². The molecule has 8 nitrogen and oxygen atoms in total. The van der Waals surface area contributed by atoms with Crippen LogP contribution in [0.4, 0.5) is 5.69 Å². The average molecular weight is 429 g/mol. The van der Waals surface area contributed by atoms with Crippen LogP contribution in [0.15, 0.2) is 47.6 Å². The van der Waals surface area contributed by atoms with Crippen molar-refractivity contribution in [3.63, 3.8) is 0 Å². The van der Waals surface area contributed by atoms with Gasteiger partial charge in [0, 0.05) is 13.1 Å². The van der Waals surface area contributed by atoms with Crippen LogP contribution >= 0.6 is 11.8 Å². The number of aromatic nitrogens is 3. The Morgan fingerprint density at radius 1 is 1.10 bits per heavy atom. The van der Waals surface area contributed by atoms with Crippen LogP contribution in [0.5, 0.6) is 17.2 Å². The van der Waals surface area contributed by atoms with Gasteiger partial charge in [-0.2, -0.15) is 0 Å². The molecule has 30 heavy (non-hydrogen) atoms. The molecule has 1 amide bonds. The molecule has 0 atom stereocenters. The second kappa shape index (κ2) is 10.0. The van der Waals surface area contributed by atoms with Crippen LogP contribution in [-0.4, -0.2) is 40.6 Å². The maximum Gasteiger partial charge on any atom is 0.234 e. The number of ether oxygens (including phenoxy) is 3. The molecule has 9 heteroatoms. The number of carbonyl (C=O) groups is 1. The number of carbonyl (C=O) groups excluding carboxylic acids is 1. The number of hydrogen-bond donors (Lipinski definition) is 1. The normalized spacial score (nSPS) is 10.5. The molecule has 1 heterocycles. The first-order valence-electron chi connectivity index (χ1n) is 9.22. The van der Waals surface area contributed by atoms with Gasteiger partial charge in [0.25, 0.3) is 0 Å². The summed E-state index contributed by atoms with van der Waals surface area (Å²) in [6.07, 6.45) is 0. The fourth-order valence-corrected chi connectivity index (χ4v) is 3.40. The van der Waals surface area contributed by atoms with Crippen LogP contribution in [-0.2, 0) is 18.4 Å².